The van der Waals surface area contributed by atoms with Gasteiger partial charge in [0.2, 0.25) is 0 Å². The van der Waals surface area contributed by atoms with Crippen LogP contribution >= 0.6 is 0 Å². The predicted octanol–water partition coefficient (Wildman–Crippen LogP) is 2.69. The van der Waals surface area contributed by atoms with E-state index in [9.17, 15) is 0 Å². The highest BCUT2D eigenvalue weighted by Gasteiger charge is 2.15. The minimum absolute atomic E-state index is 0.00509. The minimum atomic E-state index is -0.00509. The van der Waals surface area contributed by atoms with Crippen molar-refractivity contribution >= 4 is 0 Å². The van der Waals surface area contributed by atoms with Crippen LogP contribution in [-0.4, -0.2) is 23.1 Å². The predicted molar refractivity (Wildman–Crippen MR) is 73.5 cm³/mol. The monoisotopic (exact) mass is 251 g/mol. The zero-order valence-electron chi connectivity index (χ0n) is 12.4. The lowest BCUT2D eigenvalue weighted by Crippen LogP contribution is -2.24. The van der Waals surface area contributed by atoms with Crippen LogP contribution in [0.2, 0.25) is 0 Å². The second-order valence-electron chi connectivity index (χ2n) is 4.90. The maximum Gasteiger partial charge on any atom is 0.157 e. The van der Waals surface area contributed by atoms with E-state index in [-0.39, 0.29) is 6.10 Å². The van der Waals surface area contributed by atoms with Crippen LogP contribution < -0.4 is 5.32 Å². The molecule has 1 heterocycles. The molecule has 1 rings (SSSR count). The maximum absolute atomic E-state index is 5.39. The third-order valence-electron chi connectivity index (χ3n) is 3.07. The van der Waals surface area contributed by atoms with E-state index in [1.165, 1.54) is 5.56 Å². The van der Waals surface area contributed by atoms with Gasteiger partial charge in [0.15, 0.2) is 5.82 Å². The van der Waals surface area contributed by atoms with E-state index in [0.717, 1.165) is 30.2 Å². The Morgan fingerprint density at radius 1 is 1.17 bits per heavy atom. The largest absolute Gasteiger partial charge is 0.373 e. The van der Waals surface area contributed by atoms with E-state index < -0.39 is 0 Å². The summed E-state index contributed by atoms with van der Waals surface area (Å²) in [4.78, 5) is 9.16. The average molecular weight is 251 g/mol. The van der Waals surface area contributed by atoms with Crippen LogP contribution in [0.5, 0.6) is 0 Å². The SMILES string of the molecule is CCC(OC)c1nc(C)c(CNC(C)C)c(C)n1. The van der Waals surface area contributed by atoms with Crippen molar-refractivity contribution in [3.63, 3.8) is 0 Å². The van der Waals surface area contributed by atoms with Crippen LogP contribution in [0.15, 0.2) is 0 Å². The number of aryl methyl sites for hydroxylation is 2. The highest BCUT2D eigenvalue weighted by Crippen LogP contribution is 2.19. The van der Waals surface area contributed by atoms with Crippen LogP contribution in [-0.2, 0) is 11.3 Å². The molecule has 1 aromatic heterocycles. The summed E-state index contributed by atoms with van der Waals surface area (Å²) in [6, 6.07) is 0.464. The van der Waals surface area contributed by atoms with Gasteiger partial charge in [-0.15, -0.1) is 0 Å². The molecular weight excluding hydrogens is 226 g/mol. The normalized spacial score (nSPS) is 13.1. The lowest BCUT2D eigenvalue weighted by Gasteiger charge is -2.17. The zero-order chi connectivity index (χ0) is 13.7. The Balaban J connectivity index is 2.96. The van der Waals surface area contributed by atoms with E-state index in [1.807, 2.05) is 13.8 Å². The first kappa shape index (κ1) is 15.1. The summed E-state index contributed by atoms with van der Waals surface area (Å²) in [6.07, 6.45) is 0.883. The van der Waals surface area contributed by atoms with Crippen LogP contribution in [0.1, 0.15) is 56.1 Å². The van der Waals surface area contributed by atoms with Crippen LogP contribution in [0, 0.1) is 13.8 Å². The maximum atomic E-state index is 5.39. The molecule has 0 radical (unpaired) electrons. The van der Waals surface area contributed by atoms with Gasteiger partial charge in [-0.1, -0.05) is 20.8 Å². The molecule has 4 nitrogen and oxygen atoms in total. The lowest BCUT2D eigenvalue weighted by molar-refractivity contribution is 0.0922. The summed E-state index contributed by atoms with van der Waals surface area (Å²) in [7, 11) is 1.70. The number of methoxy groups -OCH3 is 1. The zero-order valence-corrected chi connectivity index (χ0v) is 12.4. The van der Waals surface area contributed by atoms with Crippen molar-refractivity contribution in [1.82, 2.24) is 15.3 Å². The van der Waals surface area contributed by atoms with Gasteiger partial charge in [-0.3, -0.25) is 0 Å². The summed E-state index contributed by atoms with van der Waals surface area (Å²) in [5, 5.41) is 3.41. The average Bonchev–Trinajstić information content (AvgIpc) is 2.29. The Morgan fingerprint density at radius 2 is 1.72 bits per heavy atom. The fourth-order valence-corrected chi connectivity index (χ4v) is 1.93. The second-order valence-corrected chi connectivity index (χ2v) is 4.90. The van der Waals surface area contributed by atoms with Crippen molar-refractivity contribution in [3.8, 4) is 0 Å². The number of ether oxygens (including phenoxy) is 1. The Morgan fingerprint density at radius 3 is 2.11 bits per heavy atom. The third-order valence-corrected chi connectivity index (χ3v) is 3.07. The molecule has 0 fully saturated rings. The first-order valence-electron chi connectivity index (χ1n) is 6.59. The Labute approximate surface area is 110 Å². The molecular formula is C14H25N3O. The summed E-state index contributed by atoms with van der Waals surface area (Å²) >= 11 is 0. The van der Waals surface area contributed by atoms with Crippen LogP contribution in [0.25, 0.3) is 0 Å². The fourth-order valence-electron chi connectivity index (χ4n) is 1.93. The van der Waals surface area contributed by atoms with Crippen LogP contribution in [0.3, 0.4) is 0 Å². The van der Waals surface area contributed by atoms with Gasteiger partial charge in [0.1, 0.15) is 6.10 Å². The minimum Gasteiger partial charge on any atom is -0.373 e. The number of nitrogens with zero attached hydrogens (tertiary/aromatic N) is 2. The van der Waals surface area contributed by atoms with Gasteiger partial charge >= 0.3 is 0 Å². The molecule has 1 unspecified atom stereocenters. The third kappa shape index (κ3) is 3.75. The first-order valence-corrected chi connectivity index (χ1v) is 6.59. The number of nitrogens with one attached hydrogen (secondary N) is 1. The van der Waals surface area contributed by atoms with Crippen molar-refractivity contribution in [2.24, 2.45) is 0 Å². The molecule has 0 spiro atoms. The summed E-state index contributed by atoms with van der Waals surface area (Å²) in [5.41, 5.74) is 3.28. The van der Waals surface area contributed by atoms with E-state index >= 15 is 0 Å². The van der Waals surface area contributed by atoms with E-state index in [0.29, 0.717) is 6.04 Å². The van der Waals surface area contributed by atoms with E-state index in [1.54, 1.807) is 7.11 Å². The summed E-state index contributed by atoms with van der Waals surface area (Å²) in [6.45, 7) is 11.3. The van der Waals surface area contributed by atoms with Crippen LogP contribution in [0.4, 0.5) is 0 Å². The molecule has 1 N–H and O–H groups in total. The summed E-state index contributed by atoms with van der Waals surface area (Å²) < 4.78 is 5.39. The molecule has 0 aliphatic rings. The topological polar surface area (TPSA) is 47.0 Å². The summed E-state index contributed by atoms with van der Waals surface area (Å²) in [5.74, 6) is 0.795. The first-order chi connectivity index (χ1) is 8.49. The molecule has 0 aliphatic carbocycles. The smallest absolute Gasteiger partial charge is 0.157 e. The Kier molecular flexibility index (Phi) is 5.69. The molecule has 1 aromatic rings. The molecule has 0 saturated heterocycles. The highest BCUT2D eigenvalue weighted by molar-refractivity contribution is 5.24. The van der Waals surface area contributed by atoms with Gasteiger partial charge in [0.05, 0.1) is 0 Å². The van der Waals surface area contributed by atoms with E-state index in [2.05, 4.69) is 36.1 Å². The van der Waals surface area contributed by atoms with Gasteiger partial charge < -0.3 is 10.1 Å². The molecule has 0 aliphatic heterocycles. The number of hydrogen-bond acceptors (Lipinski definition) is 4. The lowest BCUT2D eigenvalue weighted by atomic mass is 10.1. The fraction of sp³-hybridized carbons (Fsp3) is 0.714. The molecule has 0 aromatic carbocycles. The second kappa shape index (κ2) is 6.81. The molecule has 102 valence electrons. The Hall–Kier alpha value is -1.00. The van der Waals surface area contributed by atoms with Crippen molar-refractivity contribution in [3.05, 3.63) is 22.8 Å². The van der Waals surface area contributed by atoms with Crippen molar-refractivity contribution in [1.29, 1.82) is 0 Å². The van der Waals surface area contributed by atoms with Crippen molar-refractivity contribution in [2.75, 3.05) is 7.11 Å². The van der Waals surface area contributed by atoms with Gasteiger partial charge in [0.25, 0.3) is 0 Å². The number of aromatic nitrogens is 2. The van der Waals surface area contributed by atoms with Crippen molar-refractivity contribution < 1.29 is 4.74 Å². The van der Waals surface area contributed by atoms with E-state index in [4.69, 9.17) is 4.74 Å². The number of rotatable bonds is 6. The molecule has 1 atom stereocenters. The quantitative estimate of drug-likeness (QED) is 0.844. The highest BCUT2D eigenvalue weighted by atomic mass is 16.5. The van der Waals surface area contributed by atoms with Gasteiger partial charge in [-0.2, -0.15) is 0 Å². The molecule has 4 heteroatoms. The standard InChI is InChI=1S/C14H25N3O/c1-7-13(18-6)14-16-10(4)12(11(5)17-14)8-15-9(2)3/h9,13,15H,7-8H2,1-6H3. The molecule has 18 heavy (non-hydrogen) atoms. The molecule has 0 bridgehead atoms. The Bertz CT molecular complexity index is 364. The number of hydrogen-bond donors (Lipinski definition) is 1. The molecule has 0 amide bonds. The van der Waals surface area contributed by atoms with Crippen molar-refractivity contribution in [2.45, 2.75) is 59.7 Å². The van der Waals surface area contributed by atoms with Gasteiger partial charge in [-0.05, 0) is 20.3 Å². The van der Waals surface area contributed by atoms with Gasteiger partial charge in [-0.25, -0.2) is 9.97 Å². The van der Waals surface area contributed by atoms with Gasteiger partial charge in [0, 0.05) is 36.6 Å². The molecule has 0 saturated carbocycles.